The summed E-state index contributed by atoms with van der Waals surface area (Å²) in [6, 6.07) is 24.4. The molecule has 0 radical (unpaired) electrons. The van der Waals surface area contributed by atoms with Crippen LogP contribution in [0.15, 0.2) is 90.3 Å². The van der Waals surface area contributed by atoms with Crippen molar-refractivity contribution in [3.05, 3.63) is 107 Å². The van der Waals surface area contributed by atoms with E-state index in [1.165, 1.54) is 11.3 Å². The van der Waals surface area contributed by atoms with Crippen molar-refractivity contribution >= 4 is 39.3 Å². The van der Waals surface area contributed by atoms with Gasteiger partial charge in [0, 0.05) is 17.4 Å². The molecule has 3 N–H and O–H groups in total. The number of anilines is 1. The molecule has 0 aliphatic carbocycles. The van der Waals surface area contributed by atoms with Crippen LogP contribution in [0.5, 0.6) is 0 Å². The van der Waals surface area contributed by atoms with Crippen molar-refractivity contribution in [1.82, 2.24) is 15.6 Å². The Kier molecular flexibility index (Phi) is 10.7. The van der Waals surface area contributed by atoms with Crippen LogP contribution in [0.1, 0.15) is 43.6 Å². The third-order valence-electron chi connectivity index (χ3n) is 6.36. The zero-order valence-electron chi connectivity index (χ0n) is 24.9. The molecular weight excluding hydrogens is 601 g/mol. The highest BCUT2D eigenvalue weighted by Gasteiger charge is 2.28. The number of hydrogen-bond donors (Lipinski definition) is 3. The number of nitrogens with zero attached hydrogens (tertiary/aromatic N) is 1. The second-order valence-corrected chi connectivity index (χ2v) is 13.3. The molecule has 0 spiro atoms. The second-order valence-electron chi connectivity index (χ2n) is 11.0. The number of thiazole rings is 1. The lowest BCUT2D eigenvalue weighted by atomic mass is 10.0. The van der Waals surface area contributed by atoms with Crippen molar-refractivity contribution in [1.29, 1.82) is 0 Å². The predicted octanol–water partition coefficient (Wildman–Crippen LogP) is 5.65. The van der Waals surface area contributed by atoms with Gasteiger partial charge in [0.15, 0.2) is 0 Å². The lowest BCUT2D eigenvalue weighted by molar-refractivity contribution is -0.124. The highest BCUT2D eigenvalue weighted by Crippen LogP contribution is 2.28. The van der Waals surface area contributed by atoms with Crippen molar-refractivity contribution < 1.29 is 26.9 Å². The van der Waals surface area contributed by atoms with E-state index in [1.807, 2.05) is 66.0 Å². The first-order chi connectivity index (χ1) is 20.9. The summed E-state index contributed by atoms with van der Waals surface area (Å²) < 4.78 is 35.8. The molecule has 0 fully saturated rings. The Morgan fingerprint density at radius 2 is 1.48 bits per heavy atom. The zero-order valence-corrected chi connectivity index (χ0v) is 26.6. The molecule has 44 heavy (non-hydrogen) atoms. The zero-order chi connectivity index (χ0) is 31.7. The van der Waals surface area contributed by atoms with Gasteiger partial charge in [-0.25, -0.2) is 9.78 Å². The lowest BCUT2D eigenvalue weighted by Gasteiger charge is -2.25. The van der Waals surface area contributed by atoms with E-state index in [9.17, 15) is 18.0 Å². The summed E-state index contributed by atoms with van der Waals surface area (Å²) in [6.07, 6.45) is -0.0931. The van der Waals surface area contributed by atoms with Gasteiger partial charge in [0.2, 0.25) is 5.91 Å². The molecular formula is C32H36N4O6S2. The van der Waals surface area contributed by atoms with Gasteiger partial charge in [-0.15, -0.1) is 11.3 Å². The standard InChI is InChI=1S/C32H36N4O6S2/c1-32(2,3)42-31(38)35-27(20-22-11-7-5-8-12-22)29(37)33-26(28-21-43-30(34-28)24-13-9-6-10-14-24)19-23-15-17-25(18-16-23)36-44(39,40)41-4/h5-18,21,26-27,36H,19-20H2,1-4H3,(H,33,37)(H,35,38)/t26-,27-/m0/s1. The molecule has 12 heteroatoms. The summed E-state index contributed by atoms with van der Waals surface area (Å²) in [5.41, 5.74) is 2.90. The van der Waals surface area contributed by atoms with Crippen molar-refractivity contribution in [2.24, 2.45) is 0 Å². The molecule has 4 rings (SSSR count). The quantitative estimate of drug-likeness (QED) is 0.183. The van der Waals surface area contributed by atoms with Gasteiger partial charge >= 0.3 is 16.4 Å². The van der Waals surface area contributed by atoms with Crippen LogP contribution < -0.4 is 15.4 Å². The average Bonchev–Trinajstić information content (AvgIpc) is 3.48. The monoisotopic (exact) mass is 636 g/mol. The Hall–Kier alpha value is -4.26. The number of benzene rings is 3. The summed E-state index contributed by atoms with van der Waals surface area (Å²) in [7, 11) is -2.83. The average molecular weight is 637 g/mol. The molecule has 2 atom stereocenters. The van der Waals surface area contributed by atoms with E-state index in [0.717, 1.165) is 28.8 Å². The number of hydrogen-bond acceptors (Lipinski definition) is 8. The maximum atomic E-state index is 13.8. The molecule has 0 bridgehead atoms. The maximum absolute atomic E-state index is 13.8. The minimum Gasteiger partial charge on any atom is -0.444 e. The molecule has 3 aromatic carbocycles. The Labute approximate surface area is 262 Å². The Balaban J connectivity index is 1.61. The third kappa shape index (κ3) is 9.90. The summed E-state index contributed by atoms with van der Waals surface area (Å²) in [5, 5.41) is 8.55. The largest absolute Gasteiger partial charge is 0.444 e. The van der Waals surface area contributed by atoms with Gasteiger partial charge in [0.25, 0.3) is 0 Å². The normalized spacial score (nSPS) is 13.0. The maximum Gasteiger partial charge on any atom is 0.408 e. The van der Waals surface area contributed by atoms with Crippen molar-refractivity contribution in [3.8, 4) is 10.6 Å². The van der Waals surface area contributed by atoms with Gasteiger partial charge in [-0.2, -0.15) is 8.42 Å². The molecule has 0 unspecified atom stereocenters. The molecule has 1 aromatic heterocycles. The molecule has 0 saturated heterocycles. The Bertz CT molecular complexity index is 1640. The first-order valence-electron chi connectivity index (χ1n) is 13.9. The fourth-order valence-corrected chi connectivity index (χ4v) is 5.69. The molecule has 232 valence electrons. The molecule has 1 heterocycles. The summed E-state index contributed by atoms with van der Waals surface area (Å²) in [5.74, 6) is -0.400. The van der Waals surface area contributed by atoms with Gasteiger partial charge in [-0.05, 0) is 50.5 Å². The molecule has 0 saturated carbocycles. The van der Waals surface area contributed by atoms with Crippen LogP contribution in [0.25, 0.3) is 10.6 Å². The number of rotatable bonds is 12. The van der Waals surface area contributed by atoms with Crippen molar-refractivity contribution in [2.75, 3.05) is 11.8 Å². The number of alkyl carbamates (subject to hydrolysis) is 1. The van der Waals surface area contributed by atoms with Gasteiger partial charge in [0.1, 0.15) is 16.7 Å². The minimum atomic E-state index is -3.91. The van der Waals surface area contributed by atoms with Gasteiger partial charge in [0.05, 0.1) is 24.5 Å². The smallest absolute Gasteiger partial charge is 0.408 e. The fourth-order valence-electron chi connectivity index (χ4n) is 4.30. The van der Waals surface area contributed by atoms with E-state index in [2.05, 4.69) is 19.5 Å². The van der Waals surface area contributed by atoms with Gasteiger partial charge in [-0.1, -0.05) is 72.8 Å². The number of carbonyl (C=O) groups is 2. The molecule has 10 nitrogen and oxygen atoms in total. The van der Waals surface area contributed by atoms with Crippen molar-refractivity contribution in [3.63, 3.8) is 0 Å². The van der Waals surface area contributed by atoms with Crippen LogP contribution in [-0.4, -0.2) is 44.2 Å². The fraction of sp³-hybridized carbons (Fsp3) is 0.281. The number of aromatic nitrogens is 1. The number of carbonyl (C=O) groups excluding carboxylic acids is 2. The minimum absolute atomic E-state index is 0.249. The van der Waals surface area contributed by atoms with Crippen LogP contribution in [-0.2, 0) is 36.9 Å². The Morgan fingerprint density at radius 1 is 0.864 bits per heavy atom. The highest BCUT2D eigenvalue weighted by molar-refractivity contribution is 7.88. The molecule has 2 amide bonds. The van der Waals surface area contributed by atoms with E-state index in [4.69, 9.17) is 9.72 Å². The summed E-state index contributed by atoms with van der Waals surface area (Å²) >= 11 is 1.47. The van der Waals surface area contributed by atoms with Crippen molar-refractivity contribution in [2.45, 2.75) is 51.3 Å². The van der Waals surface area contributed by atoms with E-state index in [0.29, 0.717) is 17.8 Å². The van der Waals surface area contributed by atoms with E-state index in [1.54, 1.807) is 45.0 Å². The topological polar surface area (TPSA) is 136 Å². The first kappa shape index (κ1) is 32.6. The SMILES string of the molecule is COS(=O)(=O)Nc1ccc(C[C@H](NC(=O)[C@H](Cc2ccccc2)NC(=O)OC(C)(C)C)c2csc(-c3ccccc3)n2)cc1. The predicted molar refractivity (Wildman–Crippen MR) is 171 cm³/mol. The van der Waals surface area contributed by atoms with Crippen LogP contribution >= 0.6 is 11.3 Å². The third-order valence-corrected chi connectivity index (χ3v) is 8.20. The highest BCUT2D eigenvalue weighted by atomic mass is 32.2. The van der Waals surface area contributed by atoms with E-state index in [-0.39, 0.29) is 6.42 Å². The van der Waals surface area contributed by atoms with Gasteiger partial charge < -0.3 is 15.4 Å². The van der Waals surface area contributed by atoms with Crippen LogP contribution in [0.3, 0.4) is 0 Å². The van der Waals surface area contributed by atoms with Crippen LogP contribution in [0, 0.1) is 0 Å². The Morgan fingerprint density at radius 3 is 2.09 bits per heavy atom. The van der Waals surface area contributed by atoms with Gasteiger partial charge in [-0.3, -0.25) is 13.7 Å². The summed E-state index contributed by atoms with van der Waals surface area (Å²) in [6.45, 7) is 5.27. The number of ether oxygens (including phenoxy) is 1. The first-order valence-corrected chi connectivity index (χ1v) is 16.2. The second kappa shape index (κ2) is 14.5. The van der Waals surface area contributed by atoms with Crippen LogP contribution in [0.4, 0.5) is 10.5 Å². The number of amides is 2. The molecule has 0 aliphatic rings. The van der Waals surface area contributed by atoms with E-state index >= 15 is 0 Å². The summed E-state index contributed by atoms with van der Waals surface area (Å²) in [4.78, 5) is 31.4. The van der Waals surface area contributed by atoms with Crippen LogP contribution in [0.2, 0.25) is 0 Å². The molecule has 4 aromatic rings. The van der Waals surface area contributed by atoms with E-state index < -0.39 is 40.0 Å². The lowest BCUT2D eigenvalue weighted by Crippen LogP contribution is -2.50. The number of nitrogens with one attached hydrogen (secondary N) is 3. The molecule has 0 aliphatic heterocycles.